The van der Waals surface area contributed by atoms with Crippen molar-refractivity contribution in [2.45, 2.75) is 0 Å². The highest BCUT2D eigenvalue weighted by molar-refractivity contribution is 5.94. The molecule has 3 aromatic rings. The molecule has 0 amide bonds. The van der Waals surface area contributed by atoms with Gasteiger partial charge in [-0.05, 0) is 29.8 Å². The number of hydrogen-bond donors (Lipinski definition) is 0. The first-order valence-electron chi connectivity index (χ1n) is 5.66. The summed E-state index contributed by atoms with van der Waals surface area (Å²) >= 11 is 0. The van der Waals surface area contributed by atoms with Gasteiger partial charge >= 0.3 is 0 Å². The summed E-state index contributed by atoms with van der Waals surface area (Å²) < 4.78 is 40.1. The van der Waals surface area contributed by atoms with Crippen LogP contribution in [0.1, 0.15) is 0 Å². The molecule has 19 heavy (non-hydrogen) atoms. The van der Waals surface area contributed by atoms with Gasteiger partial charge in [-0.2, -0.15) is 0 Å². The SMILES string of the molecule is Fc1ccc(-c2ccnc3ccccc23)c(F)c1F. The normalized spacial score (nSPS) is 10.9. The second kappa shape index (κ2) is 4.39. The van der Waals surface area contributed by atoms with Crippen molar-refractivity contribution in [3.05, 3.63) is 66.1 Å². The van der Waals surface area contributed by atoms with Gasteiger partial charge in [-0.15, -0.1) is 0 Å². The zero-order valence-corrected chi connectivity index (χ0v) is 9.70. The summed E-state index contributed by atoms with van der Waals surface area (Å²) in [7, 11) is 0. The lowest BCUT2D eigenvalue weighted by atomic mass is 10.0. The maximum atomic E-state index is 13.8. The average Bonchev–Trinajstić information content (AvgIpc) is 2.45. The van der Waals surface area contributed by atoms with Crippen LogP contribution in [0, 0.1) is 17.5 Å². The van der Waals surface area contributed by atoms with Gasteiger partial charge in [0.1, 0.15) is 0 Å². The summed E-state index contributed by atoms with van der Waals surface area (Å²) in [5.74, 6) is -3.84. The van der Waals surface area contributed by atoms with E-state index in [1.165, 1.54) is 12.3 Å². The van der Waals surface area contributed by atoms with Gasteiger partial charge in [0.25, 0.3) is 0 Å². The van der Waals surface area contributed by atoms with Crippen molar-refractivity contribution >= 4 is 10.9 Å². The van der Waals surface area contributed by atoms with E-state index in [9.17, 15) is 13.2 Å². The number of nitrogens with zero attached hydrogens (tertiary/aromatic N) is 1. The third kappa shape index (κ3) is 1.85. The van der Waals surface area contributed by atoms with Crippen LogP contribution in [-0.4, -0.2) is 4.98 Å². The monoisotopic (exact) mass is 259 g/mol. The van der Waals surface area contributed by atoms with Crippen molar-refractivity contribution in [1.29, 1.82) is 0 Å². The molecule has 3 rings (SSSR count). The van der Waals surface area contributed by atoms with E-state index in [0.29, 0.717) is 16.5 Å². The molecule has 0 atom stereocenters. The zero-order valence-electron chi connectivity index (χ0n) is 9.70. The van der Waals surface area contributed by atoms with Crippen LogP contribution < -0.4 is 0 Å². The van der Waals surface area contributed by atoms with Crippen LogP contribution in [0.5, 0.6) is 0 Å². The first-order chi connectivity index (χ1) is 9.18. The Morgan fingerprint density at radius 2 is 1.53 bits per heavy atom. The molecule has 0 saturated carbocycles. The van der Waals surface area contributed by atoms with Crippen LogP contribution in [0.3, 0.4) is 0 Å². The standard InChI is InChI=1S/C15H8F3N/c16-12-6-5-11(14(17)15(12)18)9-7-8-19-13-4-2-1-3-10(9)13/h1-8H. The van der Waals surface area contributed by atoms with Crippen molar-refractivity contribution in [3.63, 3.8) is 0 Å². The lowest BCUT2D eigenvalue weighted by molar-refractivity contribution is 0.449. The molecule has 0 unspecified atom stereocenters. The average molecular weight is 259 g/mol. The molecule has 0 aliphatic rings. The van der Waals surface area contributed by atoms with Crippen LogP contribution in [0.25, 0.3) is 22.0 Å². The molecule has 1 nitrogen and oxygen atoms in total. The molecule has 2 aromatic carbocycles. The molecule has 94 valence electrons. The number of fused-ring (bicyclic) bond motifs is 1. The van der Waals surface area contributed by atoms with E-state index in [1.54, 1.807) is 30.3 Å². The fraction of sp³-hybridized carbons (Fsp3) is 0. The van der Waals surface area contributed by atoms with Gasteiger partial charge in [0, 0.05) is 17.1 Å². The molecule has 0 radical (unpaired) electrons. The van der Waals surface area contributed by atoms with Crippen LogP contribution in [0.4, 0.5) is 13.2 Å². The molecule has 0 saturated heterocycles. The smallest absolute Gasteiger partial charge is 0.195 e. The van der Waals surface area contributed by atoms with E-state index in [0.717, 1.165) is 6.07 Å². The number of halogens is 3. The summed E-state index contributed by atoms with van der Waals surface area (Å²) in [6.45, 7) is 0. The first-order valence-corrected chi connectivity index (χ1v) is 5.66. The van der Waals surface area contributed by atoms with Gasteiger partial charge in [0.05, 0.1) is 5.52 Å². The molecule has 0 aliphatic heterocycles. The number of aromatic nitrogens is 1. The van der Waals surface area contributed by atoms with Gasteiger partial charge in [0.15, 0.2) is 17.5 Å². The fourth-order valence-corrected chi connectivity index (χ4v) is 2.06. The highest BCUT2D eigenvalue weighted by Crippen LogP contribution is 2.30. The Hall–Kier alpha value is -2.36. The number of rotatable bonds is 1. The van der Waals surface area contributed by atoms with E-state index in [-0.39, 0.29) is 5.56 Å². The molecule has 0 fully saturated rings. The van der Waals surface area contributed by atoms with E-state index < -0.39 is 17.5 Å². The summed E-state index contributed by atoms with van der Waals surface area (Å²) in [6, 6.07) is 10.9. The Kier molecular flexibility index (Phi) is 2.71. The maximum absolute atomic E-state index is 13.8. The van der Waals surface area contributed by atoms with Crippen molar-refractivity contribution in [1.82, 2.24) is 4.98 Å². The number of para-hydroxylation sites is 1. The quantitative estimate of drug-likeness (QED) is 0.593. The summed E-state index contributed by atoms with van der Waals surface area (Å²) in [6.07, 6.45) is 1.51. The lowest BCUT2D eigenvalue weighted by Gasteiger charge is -2.08. The third-order valence-electron chi connectivity index (χ3n) is 2.97. The van der Waals surface area contributed by atoms with Gasteiger partial charge in [-0.1, -0.05) is 18.2 Å². The predicted octanol–water partition coefficient (Wildman–Crippen LogP) is 4.32. The molecule has 1 aromatic heterocycles. The van der Waals surface area contributed by atoms with Crippen LogP contribution >= 0.6 is 0 Å². The maximum Gasteiger partial charge on any atom is 0.195 e. The predicted molar refractivity (Wildman–Crippen MR) is 67.1 cm³/mol. The highest BCUT2D eigenvalue weighted by Gasteiger charge is 2.16. The van der Waals surface area contributed by atoms with Crippen LogP contribution in [0.2, 0.25) is 0 Å². The van der Waals surface area contributed by atoms with Gasteiger partial charge in [-0.3, -0.25) is 4.98 Å². The lowest BCUT2D eigenvalue weighted by Crippen LogP contribution is -1.94. The largest absolute Gasteiger partial charge is 0.256 e. The fourth-order valence-electron chi connectivity index (χ4n) is 2.06. The van der Waals surface area contributed by atoms with Crippen molar-refractivity contribution in [3.8, 4) is 11.1 Å². The Labute approximate surface area is 107 Å². The summed E-state index contributed by atoms with van der Waals surface area (Å²) in [5.41, 5.74) is 1.18. The van der Waals surface area contributed by atoms with Crippen LogP contribution in [-0.2, 0) is 0 Å². The number of benzene rings is 2. The van der Waals surface area contributed by atoms with Gasteiger partial charge < -0.3 is 0 Å². The Morgan fingerprint density at radius 1 is 0.737 bits per heavy atom. The Morgan fingerprint density at radius 3 is 2.37 bits per heavy atom. The van der Waals surface area contributed by atoms with Gasteiger partial charge in [0.2, 0.25) is 0 Å². The van der Waals surface area contributed by atoms with Crippen LogP contribution in [0.15, 0.2) is 48.7 Å². The molecule has 0 aliphatic carbocycles. The molecule has 0 bridgehead atoms. The molecular weight excluding hydrogens is 251 g/mol. The minimum absolute atomic E-state index is 0.0255. The van der Waals surface area contributed by atoms with Crippen molar-refractivity contribution in [2.75, 3.05) is 0 Å². The molecular formula is C15H8F3N. The van der Waals surface area contributed by atoms with E-state index >= 15 is 0 Å². The van der Waals surface area contributed by atoms with E-state index in [4.69, 9.17) is 0 Å². The molecule has 0 spiro atoms. The number of pyridine rings is 1. The highest BCUT2D eigenvalue weighted by atomic mass is 19.2. The summed E-state index contributed by atoms with van der Waals surface area (Å²) in [5, 5.41) is 0.690. The topological polar surface area (TPSA) is 12.9 Å². The van der Waals surface area contributed by atoms with Gasteiger partial charge in [-0.25, -0.2) is 13.2 Å². The van der Waals surface area contributed by atoms with E-state index in [2.05, 4.69) is 4.98 Å². The summed E-state index contributed by atoms with van der Waals surface area (Å²) in [4.78, 5) is 4.15. The van der Waals surface area contributed by atoms with Crippen molar-refractivity contribution < 1.29 is 13.2 Å². The molecule has 4 heteroatoms. The van der Waals surface area contributed by atoms with E-state index in [1.807, 2.05) is 0 Å². The second-order valence-electron chi connectivity index (χ2n) is 4.10. The second-order valence-corrected chi connectivity index (χ2v) is 4.10. The van der Waals surface area contributed by atoms with Crippen molar-refractivity contribution in [2.24, 2.45) is 0 Å². The first kappa shape index (κ1) is 11.7. The Bertz CT molecular complexity index is 763. The third-order valence-corrected chi connectivity index (χ3v) is 2.97. The Balaban J connectivity index is 2.34. The number of hydrogen-bond acceptors (Lipinski definition) is 1. The molecule has 1 heterocycles. The molecule has 0 N–H and O–H groups in total. The minimum Gasteiger partial charge on any atom is -0.256 e. The zero-order chi connectivity index (χ0) is 13.4. The minimum atomic E-state index is -1.46.